The number of aromatic nitrogens is 1. The van der Waals surface area contributed by atoms with Gasteiger partial charge < -0.3 is 14.2 Å². The van der Waals surface area contributed by atoms with Gasteiger partial charge in [-0.3, -0.25) is 9.36 Å². The summed E-state index contributed by atoms with van der Waals surface area (Å²) in [5, 5.41) is 0.173. The van der Waals surface area contributed by atoms with E-state index in [0.717, 1.165) is 29.7 Å². The summed E-state index contributed by atoms with van der Waals surface area (Å²) in [4.78, 5) is 32.6. The summed E-state index contributed by atoms with van der Waals surface area (Å²) in [5.41, 5.74) is 1.68. The van der Waals surface area contributed by atoms with E-state index in [1.165, 1.54) is 29.9 Å². The quantitative estimate of drug-likeness (QED) is 0.162. The van der Waals surface area contributed by atoms with Gasteiger partial charge in [0.15, 0.2) is 16.3 Å². The van der Waals surface area contributed by atoms with Crippen molar-refractivity contribution in [1.82, 2.24) is 4.57 Å². The molecule has 10 heteroatoms. The number of rotatable bonds is 10. The predicted molar refractivity (Wildman–Crippen MR) is 165 cm³/mol. The number of fused-ring (bicyclic) bond motifs is 1. The number of halogens is 2. The summed E-state index contributed by atoms with van der Waals surface area (Å²) >= 11 is 7.34. The zero-order chi connectivity index (χ0) is 30.5. The van der Waals surface area contributed by atoms with E-state index in [0.29, 0.717) is 34.2 Å². The third-order valence-electron chi connectivity index (χ3n) is 6.99. The van der Waals surface area contributed by atoms with Crippen LogP contribution in [0.15, 0.2) is 87.8 Å². The third-order valence-corrected chi connectivity index (χ3v) is 8.30. The van der Waals surface area contributed by atoms with Gasteiger partial charge in [0.2, 0.25) is 0 Å². The van der Waals surface area contributed by atoms with Crippen LogP contribution in [0.3, 0.4) is 0 Å². The Morgan fingerprint density at radius 2 is 1.91 bits per heavy atom. The maximum Gasteiger partial charge on any atom is 0.338 e. The van der Waals surface area contributed by atoms with E-state index in [9.17, 15) is 14.0 Å². The standard InChI is InChI=1S/C33H30ClFN2O5S/c1-4-5-16-41-26-15-14-22(17-27(26)40-3)30-29(32(39)42-19-21-10-7-6-8-11-21)20(2)36-33-37(30)31(38)28(43-33)18-23-24(34)12-9-13-25(23)35/h6-15,17-18,30H,4-5,16,19H2,1-3H3. The number of benzene rings is 3. The van der Waals surface area contributed by atoms with Gasteiger partial charge in [-0.2, -0.15) is 0 Å². The molecule has 0 aliphatic carbocycles. The third kappa shape index (κ3) is 6.43. The van der Waals surface area contributed by atoms with Crippen LogP contribution < -0.4 is 24.4 Å². The average Bonchev–Trinajstić information content (AvgIpc) is 3.31. The lowest BCUT2D eigenvalue weighted by atomic mass is 9.95. The summed E-state index contributed by atoms with van der Waals surface area (Å²) in [7, 11) is 1.53. The number of carbonyl (C=O) groups excluding carboxylic acids is 1. The number of ether oxygens (including phenoxy) is 3. The molecule has 0 N–H and O–H groups in total. The van der Waals surface area contributed by atoms with Crippen LogP contribution in [-0.2, 0) is 16.1 Å². The van der Waals surface area contributed by atoms with E-state index in [1.807, 2.05) is 30.3 Å². The summed E-state index contributed by atoms with van der Waals surface area (Å²) in [6.07, 6.45) is 3.27. The molecule has 0 saturated carbocycles. The molecule has 0 bridgehead atoms. The van der Waals surface area contributed by atoms with E-state index in [1.54, 1.807) is 31.2 Å². The molecular weight excluding hydrogens is 591 g/mol. The van der Waals surface area contributed by atoms with Crippen molar-refractivity contribution in [3.63, 3.8) is 0 Å². The lowest BCUT2D eigenvalue weighted by molar-refractivity contribution is -0.140. The normalized spacial score (nSPS) is 14.7. The number of hydrogen-bond acceptors (Lipinski definition) is 7. The summed E-state index contributed by atoms with van der Waals surface area (Å²) < 4.78 is 33.6. The molecule has 1 aliphatic rings. The largest absolute Gasteiger partial charge is 0.493 e. The number of hydrogen-bond donors (Lipinski definition) is 0. The first-order valence-corrected chi connectivity index (χ1v) is 15.0. The molecule has 4 aromatic rings. The van der Waals surface area contributed by atoms with Crippen molar-refractivity contribution in [2.45, 2.75) is 39.3 Å². The van der Waals surface area contributed by atoms with Crippen molar-refractivity contribution in [2.75, 3.05) is 13.7 Å². The molecule has 1 atom stereocenters. The van der Waals surface area contributed by atoms with Gasteiger partial charge in [0, 0.05) is 5.56 Å². The zero-order valence-corrected chi connectivity index (χ0v) is 25.5. The topological polar surface area (TPSA) is 79.1 Å². The van der Waals surface area contributed by atoms with Gasteiger partial charge in [-0.25, -0.2) is 14.2 Å². The Morgan fingerprint density at radius 1 is 1.12 bits per heavy atom. The molecule has 43 heavy (non-hydrogen) atoms. The maximum absolute atomic E-state index is 14.6. The minimum Gasteiger partial charge on any atom is -0.493 e. The van der Waals surface area contributed by atoms with E-state index in [2.05, 4.69) is 11.9 Å². The van der Waals surface area contributed by atoms with Crippen LogP contribution >= 0.6 is 22.9 Å². The summed E-state index contributed by atoms with van der Waals surface area (Å²) in [6.45, 7) is 4.35. The van der Waals surface area contributed by atoms with Gasteiger partial charge in [0.1, 0.15) is 12.4 Å². The van der Waals surface area contributed by atoms with Crippen molar-refractivity contribution in [2.24, 2.45) is 4.99 Å². The van der Waals surface area contributed by atoms with Gasteiger partial charge >= 0.3 is 5.97 Å². The van der Waals surface area contributed by atoms with Crippen LogP contribution in [0.1, 0.15) is 49.4 Å². The average molecular weight is 621 g/mol. The number of carbonyl (C=O) groups is 1. The molecule has 0 fully saturated rings. The summed E-state index contributed by atoms with van der Waals surface area (Å²) in [5.74, 6) is -0.154. The van der Waals surface area contributed by atoms with Gasteiger partial charge in [0.25, 0.3) is 5.56 Å². The van der Waals surface area contributed by atoms with Crippen molar-refractivity contribution >= 4 is 35.0 Å². The molecule has 0 radical (unpaired) electrons. The van der Waals surface area contributed by atoms with Crippen molar-refractivity contribution in [3.8, 4) is 11.5 Å². The first-order valence-electron chi connectivity index (χ1n) is 13.8. The van der Waals surface area contributed by atoms with Gasteiger partial charge in [-0.05, 0) is 54.8 Å². The smallest absolute Gasteiger partial charge is 0.338 e. The minimum atomic E-state index is -0.892. The predicted octanol–water partition coefficient (Wildman–Crippen LogP) is 5.96. The second kappa shape index (κ2) is 13.4. The fourth-order valence-electron chi connectivity index (χ4n) is 4.78. The highest BCUT2D eigenvalue weighted by atomic mass is 35.5. The Hall–Kier alpha value is -4.21. The van der Waals surface area contributed by atoms with Crippen LogP contribution in [0.2, 0.25) is 5.02 Å². The van der Waals surface area contributed by atoms with E-state index in [4.69, 9.17) is 25.8 Å². The number of methoxy groups -OCH3 is 1. The molecule has 2 heterocycles. The van der Waals surface area contributed by atoms with E-state index < -0.39 is 23.4 Å². The van der Waals surface area contributed by atoms with E-state index >= 15 is 0 Å². The number of esters is 1. The molecule has 0 amide bonds. The Bertz CT molecular complexity index is 1850. The van der Waals surface area contributed by atoms with Crippen molar-refractivity contribution in [1.29, 1.82) is 0 Å². The Balaban J connectivity index is 1.64. The monoisotopic (exact) mass is 620 g/mol. The first kappa shape index (κ1) is 30.3. The molecule has 0 saturated heterocycles. The molecular formula is C33H30ClFN2O5S. The molecule has 0 spiro atoms. The lowest BCUT2D eigenvalue weighted by Crippen LogP contribution is -2.40. The highest BCUT2D eigenvalue weighted by Gasteiger charge is 2.34. The second-order valence-electron chi connectivity index (χ2n) is 9.89. The highest BCUT2D eigenvalue weighted by molar-refractivity contribution is 7.07. The van der Waals surface area contributed by atoms with Crippen molar-refractivity contribution < 1.29 is 23.4 Å². The molecule has 1 aliphatic heterocycles. The Morgan fingerprint density at radius 3 is 2.63 bits per heavy atom. The molecule has 222 valence electrons. The second-order valence-corrected chi connectivity index (χ2v) is 11.3. The van der Waals surface area contributed by atoms with Crippen LogP contribution in [0.5, 0.6) is 11.5 Å². The van der Waals surface area contributed by atoms with Gasteiger partial charge in [-0.1, -0.05) is 78.7 Å². The molecule has 7 nitrogen and oxygen atoms in total. The Kier molecular flexibility index (Phi) is 9.43. The first-order chi connectivity index (χ1) is 20.8. The van der Waals surface area contributed by atoms with Crippen LogP contribution in [0.4, 0.5) is 4.39 Å². The highest BCUT2D eigenvalue weighted by Crippen LogP contribution is 2.36. The van der Waals surface area contributed by atoms with E-state index in [-0.39, 0.29) is 27.3 Å². The van der Waals surface area contributed by atoms with Crippen LogP contribution in [0.25, 0.3) is 6.08 Å². The molecule has 1 unspecified atom stereocenters. The molecule has 1 aromatic heterocycles. The number of nitrogens with zero attached hydrogens (tertiary/aromatic N) is 2. The minimum absolute atomic E-state index is 0.0485. The van der Waals surface area contributed by atoms with Gasteiger partial charge in [-0.15, -0.1) is 0 Å². The lowest BCUT2D eigenvalue weighted by Gasteiger charge is -2.25. The number of allylic oxidation sites excluding steroid dienone is 1. The molecule has 5 rings (SSSR count). The Labute approximate surface area is 257 Å². The SMILES string of the molecule is CCCCOc1ccc(C2C(C(=O)OCc3ccccc3)=C(C)N=c3sc(=Cc4c(F)cccc4Cl)c(=O)n32)cc1OC. The maximum atomic E-state index is 14.6. The number of unbranched alkanes of at least 4 members (excludes halogenated alkanes) is 1. The zero-order valence-electron chi connectivity index (χ0n) is 23.9. The van der Waals surface area contributed by atoms with Gasteiger partial charge in [0.05, 0.1) is 40.6 Å². The fourth-order valence-corrected chi connectivity index (χ4v) is 6.02. The van der Waals surface area contributed by atoms with Crippen molar-refractivity contribution in [3.05, 3.63) is 125 Å². The number of thiazole rings is 1. The van der Waals surface area contributed by atoms with Crippen LogP contribution in [0, 0.1) is 5.82 Å². The van der Waals surface area contributed by atoms with Crippen LogP contribution in [-0.4, -0.2) is 24.3 Å². The fraction of sp³-hybridized carbons (Fsp3) is 0.242. The summed E-state index contributed by atoms with van der Waals surface area (Å²) in [6, 6.07) is 18.1. The molecule has 3 aromatic carbocycles.